The summed E-state index contributed by atoms with van der Waals surface area (Å²) >= 11 is 0. The Morgan fingerprint density at radius 3 is 2.29 bits per heavy atom. The number of aromatic amines is 1. The van der Waals surface area contributed by atoms with E-state index in [0.29, 0.717) is 0 Å². The standard InChI is InChI=1S/C14H19N3/c1-9-5-7-13(8-6-9)10(2)15-14-11(3)16-17-12(14)4/h5-8,10,15H,1-4H3,(H,16,17). The summed E-state index contributed by atoms with van der Waals surface area (Å²) in [4.78, 5) is 0. The zero-order valence-electron chi connectivity index (χ0n) is 10.8. The molecule has 1 aromatic carbocycles. The van der Waals surface area contributed by atoms with Crippen molar-refractivity contribution in [3.63, 3.8) is 0 Å². The highest BCUT2D eigenvalue weighted by molar-refractivity contribution is 5.52. The number of aryl methyl sites for hydroxylation is 3. The molecule has 3 heteroatoms. The van der Waals surface area contributed by atoms with Crippen LogP contribution in [0.1, 0.15) is 35.5 Å². The van der Waals surface area contributed by atoms with Crippen LogP contribution in [0.4, 0.5) is 5.69 Å². The number of anilines is 1. The molecule has 0 bridgehead atoms. The van der Waals surface area contributed by atoms with Crippen molar-refractivity contribution >= 4 is 5.69 Å². The third-order valence-electron chi connectivity index (χ3n) is 3.07. The van der Waals surface area contributed by atoms with Crippen LogP contribution in [0.3, 0.4) is 0 Å². The molecule has 1 heterocycles. The third kappa shape index (κ3) is 2.49. The van der Waals surface area contributed by atoms with Crippen molar-refractivity contribution in [2.45, 2.75) is 33.7 Å². The van der Waals surface area contributed by atoms with Crippen molar-refractivity contribution in [1.82, 2.24) is 10.2 Å². The number of nitrogens with zero attached hydrogens (tertiary/aromatic N) is 1. The zero-order valence-corrected chi connectivity index (χ0v) is 10.8. The number of aromatic nitrogens is 2. The first-order valence-corrected chi connectivity index (χ1v) is 5.92. The molecule has 0 saturated heterocycles. The van der Waals surface area contributed by atoms with E-state index in [4.69, 9.17) is 0 Å². The molecule has 0 aliphatic rings. The zero-order chi connectivity index (χ0) is 12.4. The maximum Gasteiger partial charge on any atom is 0.0825 e. The van der Waals surface area contributed by atoms with Crippen molar-refractivity contribution in [2.75, 3.05) is 5.32 Å². The van der Waals surface area contributed by atoms with E-state index in [1.54, 1.807) is 0 Å². The van der Waals surface area contributed by atoms with E-state index < -0.39 is 0 Å². The summed E-state index contributed by atoms with van der Waals surface area (Å²) in [6, 6.07) is 8.89. The Balaban J connectivity index is 2.17. The molecule has 0 spiro atoms. The van der Waals surface area contributed by atoms with Crippen LogP contribution in [0.15, 0.2) is 24.3 Å². The second kappa shape index (κ2) is 4.62. The normalized spacial score (nSPS) is 12.5. The smallest absolute Gasteiger partial charge is 0.0825 e. The minimum Gasteiger partial charge on any atom is -0.376 e. The topological polar surface area (TPSA) is 40.7 Å². The fourth-order valence-electron chi connectivity index (χ4n) is 1.92. The van der Waals surface area contributed by atoms with E-state index in [2.05, 4.69) is 53.6 Å². The Morgan fingerprint density at radius 1 is 1.12 bits per heavy atom. The van der Waals surface area contributed by atoms with Gasteiger partial charge in [0, 0.05) is 6.04 Å². The Morgan fingerprint density at radius 2 is 1.76 bits per heavy atom. The lowest BCUT2D eigenvalue weighted by Crippen LogP contribution is -2.07. The third-order valence-corrected chi connectivity index (χ3v) is 3.07. The van der Waals surface area contributed by atoms with Crippen LogP contribution in [0.25, 0.3) is 0 Å². The number of rotatable bonds is 3. The SMILES string of the molecule is Cc1ccc(C(C)Nc2c(C)n[nH]c2C)cc1. The Bertz CT molecular complexity index is 477. The molecule has 0 saturated carbocycles. The lowest BCUT2D eigenvalue weighted by Gasteiger charge is -2.16. The average Bonchev–Trinajstić information content (AvgIpc) is 2.61. The molecular formula is C14H19N3. The van der Waals surface area contributed by atoms with Crippen molar-refractivity contribution < 1.29 is 0 Å². The summed E-state index contributed by atoms with van der Waals surface area (Å²) in [5.74, 6) is 0. The van der Waals surface area contributed by atoms with Gasteiger partial charge in [0.25, 0.3) is 0 Å². The first-order valence-electron chi connectivity index (χ1n) is 5.92. The van der Waals surface area contributed by atoms with Crippen LogP contribution >= 0.6 is 0 Å². The minimum absolute atomic E-state index is 0.283. The molecule has 3 nitrogen and oxygen atoms in total. The summed E-state index contributed by atoms with van der Waals surface area (Å²) in [6.07, 6.45) is 0. The van der Waals surface area contributed by atoms with Gasteiger partial charge >= 0.3 is 0 Å². The van der Waals surface area contributed by atoms with Crippen LogP contribution < -0.4 is 5.32 Å². The molecule has 0 aliphatic heterocycles. The molecule has 0 aliphatic carbocycles. The minimum atomic E-state index is 0.283. The number of hydrogen-bond donors (Lipinski definition) is 2. The number of benzene rings is 1. The van der Waals surface area contributed by atoms with Crippen molar-refractivity contribution in [1.29, 1.82) is 0 Å². The van der Waals surface area contributed by atoms with Gasteiger partial charge in [-0.15, -0.1) is 0 Å². The number of hydrogen-bond acceptors (Lipinski definition) is 2. The first-order chi connectivity index (χ1) is 8.08. The largest absolute Gasteiger partial charge is 0.376 e. The quantitative estimate of drug-likeness (QED) is 0.845. The van der Waals surface area contributed by atoms with Gasteiger partial charge in [-0.1, -0.05) is 29.8 Å². The van der Waals surface area contributed by atoms with Gasteiger partial charge in [0.15, 0.2) is 0 Å². The second-order valence-corrected chi connectivity index (χ2v) is 4.59. The predicted molar refractivity (Wildman–Crippen MR) is 71.3 cm³/mol. The Labute approximate surface area is 102 Å². The maximum atomic E-state index is 4.19. The van der Waals surface area contributed by atoms with Crippen LogP contribution in [0, 0.1) is 20.8 Å². The molecule has 2 N–H and O–H groups in total. The number of H-pyrrole nitrogens is 1. The predicted octanol–water partition coefficient (Wildman–Crippen LogP) is 3.51. The van der Waals surface area contributed by atoms with E-state index in [9.17, 15) is 0 Å². The summed E-state index contributed by atoms with van der Waals surface area (Å²) in [5.41, 5.74) is 5.79. The molecule has 90 valence electrons. The first kappa shape index (κ1) is 11.7. The van der Waals surface area contributed by atoms with Crippen molar-refractivity contribution in [2.24, 2.45) is 0 Å². The van der Waals surface area contributed by atoms with Gasteiger partial charge in [0.05, 0.1) is 17.1 Å². The molecule has 0 amide bonds. The molecular weight excluding hydrogens is 210 g/mol. The fourth-order valence-corrected chi connectivity index (χ4v) is 1.92. The maximum absolute atomic E-state index is 4.19. The second-order valence-electron chi connectivity index (χ2n) is 4.59. The van der Waals surface area contributed by atoms with Gasteiger partial charge in [-0.3, -0.25) is 5.10 Å². The van der Waals surface area contributed by atoms with Gasteiger partial charge in [0.1, 0.15) is 0 Å². The summed E-state index contributed by atoms with van der Waals surface area (Å²) in [5, 5.41) is 10.7. The van der Waals surface area contributed by atoms with Gasteiger partial charge in [-0.2, -0.15) is 5.10 Å². The molecule has 1 atom stereocenters. The highest BCUT2D eigenvalue weighted by Gasteiger charge is 2.10. The summed E-state index contributed by atoms with van der Waals surface area (Å²) in [7, 11) is 0. The number of nitrogens with one attached hydrogen (secondary N) is 2. The summed E-state index contributed by atoms with van der Waals surface area (Å²) in [6.45, 7) is 8.31. The van der Waals surface area contributed by atoms with Crippen LogP contribution in [-0.2, 0) is 0 Å². The van der Waals surface area contributed by atoms with E-state index in [0.717, 1.165) is 17.1 Å². The van der Waals surface area contributed by atoms with Gasteiger partial charge < -0.3 is 5.32 Å². The van der Waals surface area contributed by atoms with Crippen LogP contribution in [0.2, 0.25) is 0 Å². The van der Waals surface area contributed by atoms with E-state index in [1.807, 2.05) is 13.8 Å². The average molecular weight is 229 g/mol. The van der Waals surface area contributed by atoms with E-state index in [-0.39, 0.29) is 6.04 Å². The molecule has 2 aromatic rings. The molecule has 17 heavy (non-hydrogen) atoms. The highest BCUT2D eigenvalue weighted by atomic mass is 15.2. The molecule has 1 unspecified atom stereocenters. The lowest BCUT2D eigenvalue weighted by molar-refractivity contribution is 0.880. The van der Waals surface area contributed by atoms with Gasteiger partial charge in [0.2, 0.25) is 0 Å². The monoisotopic (exact) mass is 229 g/mol. The van der Waals surface area contributed by atoms with E-state index in [1.165, 1.54) is 11.1 Å². The van der Waals surface area contributed by atoms with Gasteiger partial charge in [-0.25, -0.2) is 0 Å². The lowest BCUT2D eigenvalue weighted by atomic mass is 10.1. The molecule has 0 fully saturated rings. The van der Waals surface area contributed by atoms with Crippen molar-refractivity contribution in [3.8, 4) is 0 Å². The Hall–Kier alpha value is -1.77. The van der Waals surface area contributed by atoms with Crippen LogP contribution in [0.5, 0.6) is 0 Å². The Kier molecular flexibility index (Phi) is 3.18. The van der Waals surface area contributed by atoms with Gasteiger partial charge in [-0.05, 0) is 33.3 Å². The van der Waals surface area contributed by atoms with E-state index >= 15 is 0 Å². The molecule has 2 rings (SSSR count). The van der Waals surface area contributed by atoms with Crippen molar-refractivity contribution in [3.05, 3.63) is 46.8 Å². The summed E-state index contributed by atoms with van der Waals surface area (Å²) < 4.78 is 0. The molecule has 1 aromatic heterocycles. The van der Waals surface area contributed by atoms with Crippen LogP contribution in [-0.4, -0.2) is 10.2 Å². The highest BCUT2D eigenvalue weighted by Crippen LogP contribution is 2.23. The molecule has 0 radical (unpaired) electrons. The fraction of sp³-hybridized carbons (Fsp3) is 0.357.